The number of benzene rings is 4. The summed E-state index contributed by atoms with van der Waals surface area (Å²) >= 11 is -2.94. The predicted octanol–water partition coefficient (Wildman–Crippen LogP) is 12.3. The fourth-order valence-electron chi connectivity index (χ4n) is 7.49. The van der Waals surface area contributed by atoms with Crippen molar-refractivity contribution in [1.29, 1.82) is 0 Å². The number of hydrogen-bond donors (Lipinski definition) is 0. The van der Waals surface area contributed by atoms with Gasteiger partial charge in [0.2, 0.25) is 0 Å². The maximum atomic E-state index is 2.74. The Balaban J connectivity index is 1.81. The van der Waals surface area contributed by atoms with Crippen LogP contribution in [-0.4, -0.2) is 3.21 Å². The minimum atomic E-state index is -2.94. The molecule has 236 valence electrons. The fraction of sp³-hybridized carbons (Fsp3) is 0.356. The van der Waals surface area contributed by atoms with E-state index in [4.69, 9.17) is 0 Å². The SMILES string of the molecule is CC[C]1([Zr](=[C](c2ccccc2)c2ccccc2)[CH]2c3cc(C(C)(C)C)ccc3-c3ccc(C(C)(C)C)cc32)C=CC(C(C)(C)C)=C1. The molecule has 0 aromatic heterocycles. The van der Waals surface area contributed by atoms with E-state index in [9.17, 15) is 0 Å². The molecule has 0 nitrogen and oxygen atoms in total. The summed E-state index contributed by atoms with van der Waals surface area (Å²) in [5.41, 5.74) is 13.4. The third-order valence-electron chi connectivity index (χ3n) is 10.4. The van der Waals surface area contributed by atoms with Crippen LogP contribution < -0.4 is 0 Å². The third kappa shape index (κ3) is 5.99. The van der Waals surface area contributed by atoms with Crippen molar-refractivity contribution in [2.24, 2.45) is 5.41 Å². The first kappa shape index (κ1) is 33.0. The van der Waals surface area contributed by atoms with Gasteiger partial charge >= 0.3 is 288 Å². The predicted molar refractivity (Wildman–Crippen MR) is 197 cm³/mol. The Morgan fingerprint density at radius 3 is 1.43 bits per heavy atom. The molecule has 4 aromatic rings. The van der Waals surface area contributed by atoms with Crippen LogP contribution in [-0.2, 0) is 32.1 Å². The molecule has 0 radical (unpaired) electrons. The molecule has 0 spiro atoms. The first-order valence-electron chi connectivity index (χ1n) is 17.2. The zero-order chi connectivity index (χ0) is 33.1. The minimum absolute atomic E-state index is 0.0326. The Morgan fingerprint density at radius 2 is 1.07 bits per heavy atom. The number of allylic oxidation sites excluding steroid dienone is 4. The van der Waals surface area contributed by atoms with Gasteiger partial charge in [-0.25, -0.2) is 0 Å². The van der Waals surface area contributed by atoms with E-state index in [2.05, 4.69) is 185 Å². The first-order chi connectivity index (χ1) is 21.6. The summed E-state index contributed by atoms with van der Waals surface area (Å²) < 4.78 is 2.05. The molecule has 0 aliphatic heterocycles. The summed E-state index contributed by atoms with van der Waals surface area (Å²) in [4.78, 5) is 0. The van der Waals surface area contributed by atoms with Crippen LogP contribution in [0.3, 0.4) is 0 Å². The third-order valence-corrected chi connectivity index (χ3v) is 20.1. The van der Waals surface area contributed by atoms with Gasteiger partial charge in [0.1, 0.15) is 0 Å². The summed E-state index contributed by atoms with van der Waals surface area (Å²) in [6.07, 6.45) is 9.01. The standard InChI is InChI=1S/C21H25.C13H10.C11H17.Zr/c1-20(2,3)16-7-9-18-14(12-16)11-15-13-17(21(4,5)6)8-10-19(15)18;1-3-7-12(8-4-1)11-13-9-5-2-6-10-13;1-5-9-6-7-10(8-9)11(2,3)4;/h7-13H,1-6H3;1-10H;6-8H,5H2,1-4H3;. The van der Waals surface area contributed by atoms with E-state index in [0.29, 0.717) is 3.63 Å². The molecule has 0 fully saturated rings. The van der Waals surface area contributed by atoms with Crippen LogP contribution in [0.5, 0.6) is 0 Å². The van der Waals surface area contributed by atoms with Crippen molar-refractivity contribution in [2.45, 2.75) is 93.2 Å². The molecule has 0 saturated carbocycles. The topological polar surface area (TPSA) is 0 Å². The van der Waals surface area contributed by atoms with Gasteiger partial charge in [-0.15, -0.1) is 0 Å². The van der Waals surface area contributed by atoms with Gasteiger partial charge in [0.25, 0.3) is 0 Å². The van der Waals surface area contributed by atoms with Crippen LogP contribution in [0, 0.1) is 5.41 Å². The Hall–Kier alpha value is -2.89. The van der Waals surface area contributed by atoms with Gasteiger partial charge in [-0.3, -0.25) is 0 Å². The van der Waals surface area contributed by atoms with Gasteiger partial charge in [0, 0.05) is 0 Å². The second-order valence-electron chi connectivity index (χ2n) is 16.6. The molecular weight excluding hydrogens is 632 g/mol. The van der Waals surface area contributed by atoms with Gasteiger partial charge in [-0.1, -0.05) is 0 Å². The molecule has 6 rings (SSSR count). The quantitative estimate of drug-likeness (QED) is 0.196. The molecule has 0 amide bonds. The second-order valence-corrected chi connectivity index (χ2v) is 23.6. The molecule has 4 aromatic carbocycles. The van der Waals surface area contributed by atoms with Crippen molar-refractivity contribution in [3.8, 4) is 11.1 Å². The van der Waals surface area contributed by atoms with Crippen LogP contribution in [0.2, 0.25) is 3.12 Å². The van der Waals surface area contributed by atoms with Crippen LogP contribution in [0.1, 0.15) is 113 Å². The molecule has 0 bridgehead atoms. The Morgan fingerprint density at radius 1 is 0.609 bits per heavy atom. The normalized spacial score (nSPS) is 17.9. The van der Waals surface area contributed by atoms with Gasteiger partial charge in [0.05, 0.1) is 0 Å². The molecular formula is C45H52Zr. The maximum absolute atomic E-state index is 2.94. The Labute approximate surface area is 286 Å². The molecule has 1 atom stereocenters. The molecule has 2 aliphatic carbocycles. The molecule has 0 heterocycles. The summed E-state index contributed by atoms with van der Waals surface area (Å²) in [7, 11) is 0. The van der Waals surface area contributed by atoms with Gasteiger partial charge in [-0.2, -0.15) is 0 Å². The first-order valence-corrected chi connectivity index (χ1v) is 21.1. The summed E-state index contributed by atoms with van der Waals surface area (Å²) in [5.74, 6) is 0. The molecule has 0 saturated heterocycles. The number of rotatable bonds is 5. The van der Waals surface area contributed by atoms with Gasteiger partial charge < -0.3 is 0 Å². The van der Waals surface area contributed by atoms with Crippen LogP contribution in [0.15, 0.2) is 121 Å². The zero-order valence-electron chi connectivity index (χ0n) is 29.8. The van der Waals surface area contributed by atoms with Gasteiger partial charge in [-0.05, 0) is 0 Å². The Bertz CT molecular complexity index is 1740. The van der Waals surface area contributed by atoms with E-state index in [1.54, 1.807) is 14.3 Å². The van der Waals surface area contributed by atoms with Crippen molar-refractivity contribution in [1.82, 2.24) is 0 Å². The van der Waals surface area contributed by atoms with Crippen molar-refractivity contribution in [2.75, 3.05) is 0 Å². The number of hydrogen-bond acceptors (Lipinski definition) is 0. The summed E-state index contributed by atoms with van der Waals surface area (Å²) in [5, 5.41) is 0. The van der Waals surface area contributed by atoms with E-state index in [1.165, 1.54) is 39.0 Å². The number of fused-ring (bicyclic) bond motifs is 3. The van der Waals surface area contributed by atoms with Crippen molar-refractivity contribution >= 4 is 3.21 Å². The van der Waals surface area contributed by atoms with Crippen LogP contribution >= 0.6 is 0 Å². The van der Waals surface area contributed by atoms with Crippen molar-refractivity contribution in [3.05, 3.63) is 154 Å². The summed E-state index contributed by atoms with van der Waals surface area (Å²) in [6, 6.07) is 37.8. The Kier molecular flexibility index (Phi) is 8.60. The van der Waals surface area contributed by atoms with E-state index in [0.717, 1.165) is 6.42 Å². The molecule has 1 unspecified atom stereocenters. The zero-order valence-corrected chi connectivity index (χ0v) is 32.2. The van der Waals surface area contributed by atoms with Crippen molar-refractivity contribution < 1.29 is 21.3 Å². The summed E-state index contributed by atoms with van der Waals surface area (Å²) in [6.45, 7) is 23.8. The molecule has 46 heavy (non-hydrogen) atoms. The van der Waals surface area contributed by atoms with E-state index >= 15 is 0 Å². The molecule has 0 N–H and O–H groups in total. The van der Waals surface area contributed by atoms with E-state index in [1.807, 2.05) is 0 Å². The van der Waals surface area contributed by atoms with E-state index < -0.39 is 21.3 Å². The average molecular weight is 684 g/mol. The average Bonchev–Trinajstić information content (AvgIpc) is 3.60. The van der Waals surface area contributed by atoms with Crippen molar-refractivity contribution in [3.63, 3.8) is 0 Å². The van der Waals surface area contributed by atoms with E-state index in [-0.39, 0.29) is 19.4 Å². The van der Waals surface area contributed by atoms with Crippen LogP contribution in [0.4, 0.5) is 0 Å². The van der Waals surface area contributed by atoms with Crippen LogP contribution in [0.25, 0.3) is 11.1 Å². The molecule has 1 heteroatoms. The molecule has 2 aliphatic rings. The second kappa shape index (κ2) is 12.0. The fourth-order valence-corrected chi connectivity index (χ4v) is 18.1. The monoisotopic (exact) mass is 682 g/mol. The van der Waals surface area contributed by atoms with Gasteiger partial charge in [0.15, 0.2) is 0 Å².